The molecule has 0 saturated heterocycles. The summed E-state index contributed by atoms with van der Waals surface area (Å²) in [6.07, 6.45) is 4.50. The fourth-order valence-corrected chi connectivity index (χ4v) is 2.83. The molecule has 0 saturated carbocycles. The summed E-state index contributed by atoms with van der Waals surface area (Å²) in [6.45, 7) is 3.36. The number of aromatic nitrogens is 2. The van der Waals surface area contributed by atoms with E-state index in [1.807, 2.05) is 29.0 Å². The van der Waals surface area contributed by atoms with Crippen molar-refractivity contribution in [1.82, 2.24) is 14.9 Å². The van der Waals surface area contributed by atoms with Crippen molar-refractivity contribution in [3.8, 4) is 5.69 Å². The number of nitrogens with one attached hydrogen (secondary N) is 1. The number of amides is 1. The third-order valence-corrected chi connectivity index (χ3v) is 4.13. The predicted molar refractivity (Wildman–Crippen MR) is 88.5 cm³/mol. The molecule has 22 heavy (non-hydrogen) atoms. The molecule has 1 aromatic heterocycles. The molecule has 0 fully saturated rings. The number of rotatable bonds is 8. The van der Waals surface area contributed by atoms with Gasteiger partial charge in [0.25, 0.3) is 0 Å². The van der Waals surface area contributed by atoms with E-state index in [0.717, 1.165) is 17.3 Å². The molecular weight excluding hydrogens is 298 g/mol. The number of methoxy groups -OCH3 is 1. The topological polar surface area (TPSA) is 56.1 Å². The second kappa shape index (κ2) is 8.60. The van der Waals surface area contributed by atoms with Gasteiger partial charge in [-0.3, -0.25) is 9.36 Å². The maximum absolute atomic E-state index is 11.8. The molecule has 0 aliphatic carbocycles. The van der Waals surface area contributed by atoms with Crippen LogP contribution in [0.15, 0.2) is 41.8 Å². The van der Waals surface area contributed by atoms with Crippen molar-refractivity contribution in [2.45, 2.75) is 18.5 Å². The zero-order valence-electron chi connectivity index (χ0n) is 12.9. The van der Waals surface area contributed by atoms with Crippen LogP contribution in [0.1, 0.15) is 12.0 Å². The number of carbonyl (C=O) groups excluding carboxylic acids is 1. The van der Waals surface area contributed by atoms with E-state index in [1.165, 1.54) is 17.3 Å². The molecule has 0 bridgehead atoms. The second-order valence-electron chi connectivity index (χ2n) is 4.85. The number of carbonyl (C=O) groups is 1. The van der Waals surface area contributed by atoms with Gasteiger partial charge >= 0.3 is 0 Å². The van der Waals surface area contributed by atoms with Gasteiger partial charge < -0.3 is 10.1 Å². The van der Waals surface area contributed by atoms with Gasteiger partial charge in [-0.25, -0.2) is 4.98 Å². The Balaban J connectivity index is 1.91. The number of para-hydroxylation sites is 1. The number of nitrogens with zero attached hydrogens (tertiary/aromatic N) is 2. The summed E-state index contributed by atoms with van der Waals surface area (Å²) in [6, 6.07) is 8.12. The van der Waals surface area contributed by atoms with Gasteiger partial charge in [-0.2, -0.15) is 0 Å². The standard InChI is InChI=1S/C16H21N3O2S/c1-13-6-3-4-7-14(13)19-10-9-18-16(19)22-12-15(20)17-8-5-11-21-2/h3-4,6-7,9-10H,5,8,11-12H2,1-2H3,(H,17,20). The van der Waals surface area contributed by atoms with E-state index in [0.29, 0.717) is 18.9 Å². The van der Waals surface area contributed by atoms with Gasteiger partial charge in [-0.15, -0.1) is 0 Å². The first kappa shape index (κ1) is 16.6. The summed E-state index contributed by atoms with van der Waals surface area (Å²) >= 11 is 1.44. The number of benzene rings is 1. The molecule has 0 spiro atoms. The zero-order valence-corrected chi connectivity index (χ0v) is 13.7. The lowest BCUT2D eigenvalue weighted by atomic mass is 10.2. The predicted octanol–water partition coefficient (Wildman–Crippen LogP) is 2.43. The summed E-state index contributed by atoms with van der Waals surface area (Å²) in [7, 11) is 1.66. The van der Waals surface area contributed by atoms with Gasteiger partial charge in [0.05, 0.1) is 11.4 Å². The minimum atomic E-state index is 0.0143. The van der Waals surface area contributed by atoms with Crippen molar-refractivity contribution in [3.63, 3.8) is 0 Å². The highest BCUT2D eigenvalue weighted by molar-refractivity contribution is 7.99. The summed E-state index contributed by atoms with van der Waals surface area (Å²) < 4.78 is 6.96. The minimum absolute atomic E-state index is 0.0143. The van der Waals surface area contributed by atoms with Crippen LogP contribution >= 0.6 is 11.8 Å². The molecular formula is C16H21N3O2S. The third kappa shape index (κ3) is 4.61. The smallest absolute Gasteiger partial charge is 0.230 e. The normalized spacial score (nSPS) is 10.6. The first-order chi connectivity index (χ1) is 10.7. The minimum Gasteiger partial charge on any atom is -0.385 e. The highest BCUT2D eigenvalue weighted by atomic mass is 32.2. The summed E-state index contributed by atoms with van der Waals surface area (Å²) in [4.78, 5) is 16.1. The summed E-state index contributed by atoms with van der Waals surface area (Å²) in [5, 5.41) is 3.69. The second-order valence-corrected chi connectivity index (χ2v) is 5.79. The molecule has 1 aromatic carbocycles. The maximum atomic E-state index is 11.8. The van der Waals surface area contributed by atoms with E-state index >= 15 is 0 Å². The van der Waals surface area contributed by atoms with Gasteiger partial charge in [0, 0.05) is 32.7 Å². The Labute approximate surface area is 135 Å². The Morgan fingerprint density at radius 3 is 3.00 bits per heavy atom. The molecule has 118 valence electrons. The van der Waals surface area contributed by atoms with E-state index in [2.05, 4.69) is 23.3 Å². The first-order valence-electron chi connectivity index (χ1n) is 7.20. The molecule has 2 aromatic rings. The molecule has 1 N–H and O–H groups in total. The van der Waals surface area contributed by atoms with Crippen LogP contribution in [0.5, 0.6) is 0 Å². The van der Waals surface area contributed by atoms with Gasteiger partial charge in [0.1, 0.15) is 0 Å². The number of hydrogen-bond donors (Lipinski definition) is 1. The zero-order chi connectivity index (χ0) is 15.8. The highest BCUT2D eigenvalue weighted by Crippen LogP contribution is 2.22. The summed E-state index contributed by atoms with van der Waals surface area (Å²) in [5.41, 5.74) is 2.26. The van der Waals surface area contributed by atoms with E-state index in [-0.39, 0.29) is 5.91 Å². The Morgan fingerprint density at radius 1 is 1.41 bits per heavy atom. The lowest BCUT2D eigenvalue weighted by Gasteiger charge is -2.10. The van der Waals surface area contributed by atoms with E-state index in [4.69, 9.17) is 4.74 Å². The number of thioether (sulfide) groups is 1. The van der Waals surface area contributed by atoms with E-state index in [9.17, 15) is 4.79 Å². The van der Waals surface area contributed by atoms with Crippen molar-refractivity contribution < 1.29 is 9.53 Å². The number of hydrogen-bond acceptors (Lipinski definition) is 4. The SMILES string of the molecule is COCCCNC(=O)CSc1nccn1-c1ccccc1C. The quantitative estimate of drug-likeness (QED) is 0.600. The molecule has 6 heteroatoms. The van der Waals surface area contributed by atoms with Crippen LogP contribution in [0, 0.1) is 6.92 Å². The number of imidazole rings is 1. The van der Waals surface area contributed by atoms with Gasteiger partial charge in [0.15, 0.2) is 5.16 Å². The average Bonchev–Trinajstić information content (AvgIpc) is 2.98. The fraction of sp³-hybridized carbons (Fsp3) is 0.375. The Bertz CT molecular complexity index is 613. The van der Waals surface area contributed by atoms with Crippen molar-refractivity contribution >= 4 is 17.7 Å². The molecule has 0 aliphatic heterocycles. The molecule has 1 heterocycles. The number of ether oxygens (including phenoxy) is 1. The molecule has 0 atom stereocenters. The molecule has 2 rings (SSSR count). The fourth-order valence-electron chi connectivity index (χ4n) is 2.04. The van der Waals surface area contributed by atoms with Gasteiger partial charge in [-0.1, -0.05) is 30.0 Å². The number of aryl methyl sites for hydroxylation is 1. The van der Waals surface area contributed by atoms with E-state index in [1.54, 1.807) is 13.3 Å². The first-order valence-corrected chi connectivity index (χ1v) is 8.18. The van der Waals surface area contributed by atoms with Crippen LogP contribution in [0.4, 0.5) is 0 Å². The van der Waals surface area contributed by atoms with Crippen LogP contribution in [-0.4, -0.2) is 41.5 Å². The highest BCUT2D eigenvalue weighted by Gasteiger charge is 2.10. The van der Waals surface area contributed by atoms with Crippen LogP contribution in [0.3, 0.4) is 0 Å². The Morgan fingerprint density at radius 2 is 2.23 bits per heavy atom. The van der Waals surface area contributed by atoms with Crippen molar-refractivity contribution in [2.24, 2.45) is 0 Å². The average molecular weight is 319 g/mol. The van der Waals surface area contributed by atoms with Gasteiger partial charge in [0.2, 0.25) is 5.91 Å². The summed E-state index contributed by atoms with van der Waals surface area (Å²) in [5.74, 6) is 0.371. The maximum Gasteiger partial charge on any atom is 0.230 e. The van der Waals surface area contributed by atoms with Gasteiger partial charge in [-0.05, 0) is 25.0 Å². The third-order valence-electron chi connectivity index (χ3n) is 3.16. The molecule has 0 aliphatic rings. The van der Waals surface area contributed by atoms with E-state index < -0.39 is 0 Å². The monoisotopic (exact) mass is 319 g/mol. The Kier molecular flexibility index (Phi) is 6.48. The Hall–Kier alpha value is -1.79. The van der Waals surface area contributed by atoms with Crippen LogP contribution in [0.25, 0.3) is 5.69 Å². The molecule has 0 radical (unpaired) electrons. The van der Waals surface area contributed by atoms with Crippen LogP contribution in [-0.2, 0) is 9.53 Å². The molecule has 1 amide bonds. The molecule has 0 unspecified atom stereocenters. The van der Waals surface area contributed by atoms with Crippen LogP contribution < -0.4 is 5.32 Å². The van der Waals surface area contributed by atoms with Crippen molar-refractivity contribution in [1.29, 1.82) is 0 Å². The largest absolute Gasteiger partial charge is 0.385 e. The van der Waals surface area contributed by atoms with Crippen molar-refractivity contribution in [2.75, 3.05) is 26.0 Å². The lowest BCUT2D eigenvalue weighted by Crippen LogP contribution is -2.26. The molecule has 5 nitrogen and oxygen atoms in total. The lowest BCUT2D eigenvalue weighted by molar-refractivity contribution is -0.118. The van der Waals surface area contributed by atoms with Crippen LogP contribution in [0.2, 0.25) is 0 Å². The van der Waals surface area contributed by atoms with Crippen molar-refractivity contribution in [3.05, 3.63) is 42.2 Å².